The van der Waals surface area contributed by atoms with Gasteiger partial charge >= 0.3 is 6.09 Å². The molecule has 0 atom stereocenters. The van der Waals surface area contributed by atoms with Crippen molar-refractivity contribution >= 4 is 34.5 Å². The Morgan fingerprint density at radius 3 is 2.50 bits per heavy atom. The van der Waals surface area contributed by atoms with E-state index in [9.17, 15) is 13.2 Å². The summed E-state index contributed by atoms with van der Waals surface area (Å²) < 4.78 is 36.2. The zero-order valence-electron chi connectivity index (χ0n) is 11.3. The molecular formula is C14H13NO5S2. The van der Waals surface area contributed by atoms with Crippen LogP contribution in [-0.2, 0) is 21.5 Å². The molecule has 6 nitrogen and oxygen atoms in total. The van der Waals surface area contributed by atoms with Crippen molar-refractivity contribution in [1.82, 2.24) is 0 Å². The van der Waals surface area contributed by atoms with Crippen LogP contribution in [0.2, 0.25) is 0 Å². The molecule has 0 aliphatic carbocycles. The minimum Gasteiger partial charge on any atom is -0.444 e. The smallest absolute Gasteiger partial charge is 0.411 e. The van der Waals surface area contributed by atoms with Gasteiger partial charge in [-0.25, -0.2) is 4.79 Å². The van der Waals surface area contributed by atoms with Gasteiger partial charge in [0.2, 0.25) is 0 Å². The fraction of sp³-hybridized carbons (Fsp3) is 0.0714. The van der Waals surface area contributed by atoms with Crippen LogP contribution >= 0.6 is 12.6 Å². The lowest BCUT2D eigenvalue weighted by Gasteiger charge is -2.10. The quantitative estimate of drug-likeness (QED) is 0.588. The molecule has 116 valence electrons. The zero-order chi connectivity index (χ0) is 16.2. The maximum Gasteiger partial charge on any atom is 0.411 e. The largest absolute Gasteiger partial charge is 0.444 e. The van der Waals surface area contributed by atoms with Gasteiger partial charge in [-0.2, -0.15) is 8.42 Å². The van der Waals surface area contributed by atoms with E-state index < -0.39 is 16.2 Å². The molecule has 0 aromatic heterocycles. The molecule has 0 saturated carbocycles. The summed E-state index contributed by atoms with van der Waals surface area (Å²) in [5, 5.41) is 2.38. The van der Waals surface area contributed by atoms with Crippen molar-refractivity contribution in [3.05, 3.63) is 54.1 Å². The minimum absolute atomic E-state index is 0.0760. The van der Waals surface area contributed by atoms with E-state index in [1.165, 1.54) is 12.1 Å². The second kappa shape index (κ2) is 6.82. The Labute approximate surface area is 133 Å². The fourth-order valence-corrected chi connectivity index (χ4v) is 2.35. The number of amides is 1. The van der Waals surface area contributed by atoms with Crippen molar-refractivity contribution in [3.8, 4) is 0 Å². The van der Waals surface area contributed by atoms with Crippen LogP contribution in [0.1, 0.15) is 5.56 Å². The van der Waals surface area contributed by atoms with E-state index in [2.05, 4.69) is 17.9 Å². The molecule has 0 radical (unpaired) electrons. The molecule has 1 amide bonds. The number of nitrogens with one attached hydrogen (secondary N) is 1. The van der Waals surface area contributed by atoms with Gasteiger partial charge in [-0.15, -0.1) is 12.6 Å². The molecule has 22 heavy (non-hydrogen) atoms. The molecule has 2 rings (SSSR count). The highest BCUT2D eigenvalue weighted by atomic mass is 32.2. The molecule has 0 bridgehead atoms. The van der Waals surface area contributed by atoms with Gasteiger partial charge in [0.1, 0.15) is 6.61 Å². The first kappa shape index (κ1) is 16.3. The molecule has 0 unspecified atom stereocenters. The summed E-state index contributed by atoms with van der Waals surface area (Å²) in [5.41, 5.74) is 0.937. The summed E-state index contributed by atoms with van der Waals surface area (Å²) in [7, 11) is -4.36. The van der Waals surface area contributed by atoms with E-state index in [0.29, 0.717) is 4.90 Å². The number of hydrogen-bond acceptors (Lipinski definition) is 5. The van der Waals surface area contributed by atoms with Crippen LogP contribution in [0.15, 0.2) is 58.3 Å². The van der Waals surface area contributed by atoms with Crippen molar-refractivity contribution in [2.45, 2.75) is 16.4 Å². The summed E-state index contributed by atoms with van der Waals surface area (Å²) in [6.45, 7) is 0.0760. The van der Waals surface area contributed by atoms with Crippen molar-refractivity contribution in [1.29, 1.82) is 0 Å². The average Bonchev–Trinajstić information content (AvgIpc) is 2.47. The van der Waals surface area contributed by atoms with Gasteiger partial charge in [-0.05, 0) is 23.8 Å². The third kappa shape index (κ3) is 4.48. The number of ether oxygens (including phenoxy) is 1. The number of benzene rings is 2. The van der Waals surface area contributed by atoms with Gasteiger partial charge in [0.15, 0.2) is 0 Å². The Kier molecular flexibility index (Phi) is 5.07. The minimum atomic E-state index is -4.36. The summed E-state index contributed by atoms with van der Waals surface area (Å²) in [6, 6.07) is 12.7. The van der Waals surface area contributed by atoms with Crippen LogP contribution in [0.25, 0.3) is 0 Å². The van der Waals surface area contributed by atoms with Crippen molar-refractivity contribution in [2.24, 2.45) is 0 Å². The molecule has 0 spiro atoms. The average molecular weight is 339 g/mol. The normalized spacial score (nSPS) is 11.0. The SMILES string of the molecule is O=C(Nc1cc(S(=O)(=O)O)ccc1S)OCc1ccccc1. The lowest BCUT2D eigenvalue weighted by atomic mass is 10.2. The molecule has 0 saturated heterocycles. The molecule has 0 fully saturated rings. The second-order valence-corrected chi connectivity index (χ2v) is 6.24. The Balaban J connectivity index is 2.05. The maximum atomic E-state index is 11.7. The molecule has 2 aromatic carbocycles. The Morgan fingerprint density at radius 2 is 1.86 bits per heavy atom. The van der Waals surface area contributed by atoms with E-state index in [0.717, 1.165) is 11.6 Å². The number of carbonyl (C=O) groups excluding carboxylic acids is 1. The van der Waals surface area contributed by atoms with Crippen LogP contribution in [-0.4, -0.2) is 19.1 Å². The topological polar surface area (TPSA) is 92.7 Å². The van der Waals surface area contributed by atoms with Crippen LogP contribution < -0.4 is 5.32 Å². The van der Waals surface area contributed by atoms with E-state index in [-0.39, 0.29) is 17.2 Å². The third-order valence-corrected chi connectivity index (χ3v) is 3.95. The summed E-state index contributed by atoms with van der Waals surface area (Å²) >= 11 is 4.11. The van der Waals surface area contributed by atoms with E-state index in [4.69, 9.17) is 9.29 Å². The van der Waals surface area contributed by atoms with Crippen molar-refractivity contribution in [3.63, 3.8) is 0 Å². The van der Waals surface area contributed by atoms with Crippen LogP contribution in [0.5, 0.6) is 0 Å². The standard InChI is InChI=1S/C14H13NO5S2/c16-14(20-9-10-4-2-1-3-5-10)15-12-8-11(22(17,18)19)6-7-13(12)21/h1-8,21H,9H2,(H,15,16)(H,17,18,19). The van der Waals surface area contributed by atoms with Crippen LogP contribution in [0.4, 0.5) is 10.5 Å². The summed E-state index contributed by atoms with van der Waals surface area (Å²) in [6.07, 6.45) is -0.758. The predicted octanol–water partition coefficient (Wildman–Crippen LogP) is 2.97. The first-order valence-electron chi connectivity index (χ1n) is 6.14. The van der Waals surface area contributed by atoms with Crippen molar-refractivity contribution < 1.29 is 22.5 Å². The van der Waals surface area contributed by atoms with E-state index in [1.807, 2.05) is 18.2 Å². The van der Waals surface area contributed by atoms with Crippen LogP contribution in [0, 0.1) is 0 Å². The first-order chi connectivity index (χ1) is 10.4. The molecule has 0 aliphatic heterocycles. The maximum absolute atomic E-state index is 11.7. The van der Waals surface area contributed by atoms with Gasteiger partial charge in [0.05, 0.1) is 10.6 Å². The number of rotatable bonds is 4. The number of hydrogen-bond donors (Lipinski definition) is 3. The second-order valence-electron chi connectivity index (χ2n) is 4.34. The van der Waals surface area contributed by atoms with E-state index >= 15 is 0 Å². The van der Waals surface area contributed by atoms with Gasteiger partial charge in [-0.3, -0.25) is 9.87 Å². The molecule has 0 aliphatic rings. The Bertz CT molecular complexity index is 775. The predicted molar refractivity (Wildman–Crippen MR) is 83.8 cm³/mol. The molecule has 2 aromatic rings. The molecular weight excluding hydrogens is 326 g/mol. The van der Waals surface area contributed by atoms with E-state index in [1.54, 1.807) is 12.1 Å². The number of carbonyl (C=O) groups is 1. The Morgan fingerprint density at radius 1 is 1.18 bits per heavy atom. The summed E-state index contributed by atoms with van der Waals surface area (Å²) in [5.74, 6) is 0. The fourth-order valence-electron chi connectivity index (χ4n) is 1.64. The van der Waals surface area contributed by atoms with Gasteiger partial charge in [-0.1, -0.05) is 30.3 Å². The van der Waals surface area contributed by atoms with Crippen molar-refractivity contribution in [2.75, 3.05) is 5.32 Å². The third-order valence-electron chi connectivity index (χ3n) is 2.72. The highest BCUT2D eigenvalue weighted by molar-refractivity contribution is 7.85. The highest BCUT2D eigenvalue weighted by Crippen LogP contribution is 2.24. The zero-order valence-corrected chi connectivity index (χ0v) is 13.0. The molecule has 2 N–H and O–H groups in total. The lowest BCUT2D eigenvalue weighted by Crippen LogP contribution is -2.14. The molecule has 0 heterocycles. The van der Waals surface area contributed by atoms with Gasteiger partial charge in [0.25, 0.3) is 10.1 Å². The lowest BCUT2D eigenvalue weighted by molar-refractivity contribution is 0.155. The van der Waals surface area contributed by atoms with Crippen LogP contribution in [0.3, 0.4) is 0 Å². The highest BCUT2D eigenvalue weighted by Gasteiger charge is 2.13. The summed E-state index contributed by atoms with van der Waals surface area (Å²) in [4.78, 5) is 11.7. The van der Waals surface area contributed by atoms with Gasteiger partial charge in [0, 0.05) is 4.90 Å². The monoisotopic (exact) mass is 339 g/mol. The van der Waals surface area contributed by atoms with Gasteiger partial charge < -0.3 is 4.74 Å². The number of thiol groups is 1. The Hall–Kier alpha value is -2.03. The first-order valence-corrected chi connectivity index (χ1v) is 8.03. The number of anilines is 1. The molecule has 8 heteroatoms.